The van der Waals surface area contributed by atoms with E-state index in [4.69, 9.17) is 9.47 Å². The molecular weight excluding hydrogens is 320 g/mol. The van der Waals surface area contributed by atoms with Crippen LogP contribution in [0.5, 0.6) is 0 Å². The molecule has 1 amide bonds. The van der Waals surface area contributed by atoms with E-state index in [1.807, 2.05) is 20.8 Å². The van der Waals surface area contributed by atoms with Crippen LogP contribution in [0.15, 0.2) is 4.99 Å². The molecule has 7 heteroatoms. The summed E-state index contributed by atoms with van der Waals surface area (Å²) >= 11 is 0. The van der Waals surface area contributed by atoms with E-state index in [1.165, 1.54) is 6.42 Å². The summed E-state index contributed by atoms with van der Waals surface area (Å²) < 4.78 is 11.2. The largest absolute Gasteiger partial charge is 0.444 e. The number of carbonyl (C=O) groups is 1. The molecule has 25 heavy (non-hydrogen) atoms. The molecule has 0 aromatic rings. The molecule has 2 rings (SSSR count). The second-order valence-corrected chi connectivity index (χ2v) is 7.95. The minimum absolute atomic E-state index is 0.00493. The monoisotopic (exact) mass is 354 g/mol. The third-order valence-corrected chi connectivity index (χ3v) is 4.53. The molecule has 0 radical (unpaired) electrons. The second kappa shape index (κ2) is 8.74. The van der Waals surface area contributed by atoms with Crippen molar-refractivity contribution in [3.05, 3.63) is 0 Å². The van der Waals surface area contributed by atoms with Crippen LogP contribution in [0, 0.1) is 0 Å². The zero-order valence-corrected chi connectivity index (χ0v) is 16.2. The summed E-state index contributed by atoms with van der Waals surface area (Å²) in [5.74, 6) is 0.758. The van der Waals surface area contributed by atoms with E-state index in [2.05, 4.69) is 27.9 Å². The fraction of sp³-hybridized carbons (Fsp3) is 0.889. The number of alkyl carbamates (subject to hydrolysis) is 1. The van der Waals surface area contributed by atoms with Gasteiger partial charge < -0.3 is 25.4 Å². The molecule has 2 aliphatic rings. The predicted molar refractivity (Wildman–Crippen MR) is 98.9 cm³/mol. The zero-order chi connectivity index (χ0) is 18.4. The van der Waals surface area contributed by atoms with Gasteiger partial charge in [0.05, 0.1) is 18.2 Å². The fourth-order valence-corrected chi connectivity index (χ4v) is 3.43. The van der Waals surface area contributed by atoms with Crippen LogP contribution < -0.4 is 16.0 Å². The van der Waals surface area contributed by atoms with Gasteiger partial charge in [-0.1, -0.05) is 13.3 Å². The van der Waals surface area contributed by atoms with Crippen molar-refractivity contribution < 1.29 is 14.3 Å². The predicted octanol–water partition coefficient (Wildman–Crippen LogP) is 2.16. The van der Waals surface area contributed by atoms with Crippen LogP contribution in [0.3, 0.4) is 0 Å². The summed E-state index contributed by atoms with van der Waals surface area (Å²) in [6.07, 6.45) is 5.52. The van der Waals surface area contributed by atoms with Gasteiger partial charge in [0.2, 0.25) is 0 Å². The van der Waals surface area contributed by atoms with Crippen molar-refractivity contribution in [3.8, 4) is 0 Å². The van der Waals surface area contributed by atoms with Crippen LogP contribution in [0.1, 0.15) is 59.8 Å². The lowest BCUT2D eigenvalue weighted by Gasteiger charge is -2.26. The number of amides is 1. The maximum atomic E-state index is 12.0. The highest BCUT2D eigenvalue weighted by atomic mass is 16.6. The summed E-state index contributed by atoms with van der Waals surface area (Å²) in [5, 5.41) is 9.72. The van der Waals surface area contributed by atoms with Gasteiger partial charge in [0.1, 0.15) is 5.60 Å². The molecule has 144 valence electrons. The third kappa shape index (κ3) is 6.38. The second-order valence-electron chi connectivity index (χ2n) is 7.95. The molecule has 4 unspecified atom stereocenters. The van der Waals surface area contributed by atoms with Gasteiger partial charge >= 0.3 is 6.09 Å². The Bertz CT molecular complexity index is 475. The average Bonchev–Trinajstić information content (AvgIpc) is 3.12. The lowest BCUT2D eigenvalue weighted by molar-refractivity contribution is 0.0502. The Balaban J connectivity index is 1.79. The van der Waals surface area contributed by atoms with Gasteiger partial charge in [0, 0.05) is 19.6 Å². The SMILES string of the molecule is CCCC(CNC(=NC)NC1CC2CCC1O2)NC(=O)OC(C)(C)C. The molecule has 2 bridgehead atoms. The number of hydrogen-bond donors (Lipinski definition) is 3. The standard InChI is InChI=1S/C18H34N4O3/c1-6-7-12(21-17(23)25-18(2,3)4)11-20-16(19-5)22-14-10-13-8-9-15(14)24-13/h12-15H,6-11H2,1-5H3,(H,21,23)(H2,19,20,22). The van der Waals surface area contributed by atoms with E-state index < -0.39 is 5.60 Å². The van der Waals surface area contributed by atoms with E-state index in [1.54, 1.807) is 7.05 Å². The summed E-state index contributed by atoms with van der Waals surface area (Å²) in [5.41, 5.74) is -0.492. The normalized spacial score (nSPS) is 27.1. The average molecular weight is 354 g/mol. The lowest BCUT2D eigenvalue weighted by Crippen LogP contribution is -2.51. The molecule has 2 saturated heterocycles. The highest BCUT2D eigenvalue weighted by molar-refractivity contribution is 5.80. The van der Waals surface area contributed by atoms with Crippen molar-refractivity contribution in [2.75, 3.05) is 13.6 Å². The highest BCUT2D eigenvalue weighted by Gasteiger charge is 2.41. The first-order valence-corrected chi connectivity index (χ1v) is 9.43. The topological polar surface area (TPSA) is 84.0 Å². The molecule has 0 spiro atoms. The molecule has 2 aliphatic heterocycles. The first-order valence-electron chi connectivity index (χ1n) is 9.43. The Hall–Kier alpha value is -1.50. The number of rotatable bonds is 6. The highest BCUT2D eigenvalue weighted by Crippen LogP contribution is 2.34. The van der Waals surface area contributed by atoms with Crippen LogP contribution >= 0.6 is 0 Å². The van der Waals surface area contributed by atoms with Crippen molar-refractivity contribution in [3.63, 3.8) is 0 Å². The number of carbonyl (C=O) groups excluding carboxylic acids is 1. The van der Waals surface area contributed by atoms with E-state index >= 15 is 0 Å². The Morgan fingerprint density at radius 2 is 2.12 bits per heavy atom. The number of ether oxygens (including phenoxy) is 2. The van der Waals surface area contributed by atoms with Crippen molar-refractivity contribution in [2.24, 2.45) is 4.99 Å². The van der Waals surface area contributed by atoms with E-state index in [9.17, 15) is 4.79 Å². The number of nitrogens with one attached hydrogen (secondary N) is 3. The summed E-state index contributed by atoms with van der Waals surface area (Å²) in [7, 11) is 1.76. The third-order valence-electron chi connectivity index (χ3n) is 4.53. The molecule has 3 N–H and O–H groups in total. The molecule has 0 saturated carbocycles. The summed E-state index contributed by atoms with van der Waals surface area (Å²) in [6, 6.07) is 0.322. The molecule has 7 nitrogen and oxygen atoms in total. The Morgan fingerprint density at radius 1 is 1.36 bits per heavy atom. The minimum Gasteiger partial charge on any atom is -0.444 e. The number of guanidine groups is 1. The Kier molecular flexibility index (Phi) is 6.93. The lowest BCUT2D eigenvalue weighted by atomic mass is 9.96. The fourth-order valence-electron chi connectivity index (χ4n) is 3.43. The number of hydrogen-bond acceptors (Lipinski definition) is 4. The molecule has 4 atom stereocenters. The van der Waals surface area contributed by atoms with Crippen LogP contribution in [0.25, 0.3) is 0 Å². The summed E-state index contributed by atoms with van der Waals surface area (Å²) in [4.78, 5) is 16.3. The van der Waals surface area contributed by atoms with Gasteiger partial charge in [-0.15, -0.1) is 0 Å². The smallest absolute Gasteiger partial charge is 0.407 e. The van der Waals surface area contributed by atoms with E-state index in [-0.39, 0.29) is 12.1 Å². The quantitative estimate of drug-likeness (QED) is 0.503. The Morgan fingerprint density at radius 3 is 2.64 bits per heavy atom. The molecule has 0 aromatic heterocycles. The van der Waals surface area contributed by atoms with Crippen LogP contribution in [0.2, 0.25) is 0 Å². The van der Waals surface area contributed by atoms with Crippen molar-refractivity contribution in [1.82, 2.24) is 16.0 Å². The van der Waals surface area contributed by atoms with Crippen molar-refractivity contribution in [1.29, 1.82) is 0 Å². The number of aliphatic imine (C=N–C) groups is 1. The first kappa shape index (κ1) is 19.8. The van der Waals surface area contributed by atoms with Crippen molar-refractivity contribution >= 4 is 12.1 Å². The van der Waals surface area contributed by atoms with Gasteiger partial charge in [-0.2, -0.15) is 0 Å². The molecule has 0 aliphatic carbocycles. The van der Waals surface area contributed by atoms with E-state index in [0.29, 0.717) is 24.8 Å². The maximum Gasteiger partial charge on any atom is 0.407 e. The van der Waals surface area contributed by atoms with Crippen LogP contribution in [-0.4, -0.2) is 55.5 Å². The molecule has 2 fully saturated rings. The Labute approximate surface area is 151 Å². The van der Waals surface area contributed by atoms with Gasteiger partial charge in [-0.25, -0.2) is 4.79 Å². The van der Waals surface area contributed by atoms with Gasteiger partial charge in [-0.3, -0.25) is 4.99 Å². The van der Waals surface area contributed by atoms with Crippen LogP contribution in [0.4, 0.5) is 4.79 Å². The maximum absolute atomic E-state index is 12.0. The molecular formula is C18H34N4O3. The van der Waals surface area contributed by atoms with Crippen LogP contribution in [-0.2, 0) is 9.47 Å². The van der Waals surface area contributed by atoms with Crippen molar-refractivity contribution in [2.45, 2.75) is 89.7 Å². The van der Waals surface area contributed by atoms with Gasteiger partial charge in [-0.05, 0) is 46.5 Å². The molecule has 0 aromatic carbocycles. The van der Waals surface area contributed by atoms with Gasteiger partial charge in [0.15, 0.2) is 5.96 Å². The summed E-state index contributed by atoms with van der Waals surface area (Å²) in [6.45, 7) is 8.30. The first-order chi connectivity index (χ1) is 11.8. The van der Waals surface area contributed by atoms with Gasteiger partial charge in [0.25, 0.3) is 0 Å². The number of nitrogens with zero attached hydrogens (tertiary/aromatic N) is 1. The minimum atomic E-state index is -0.492. The molecule has 2 heterocycles. The zero-order valence-electron chi connectivity index (χ0n) is 16.2. The van der Waals surface area contributed by atoms with E-state index in [0.717, 1.165) is 31.6 Å². The number of fused-ring (bicyclic) bond motifs is 2.